The molecule has 0 saturated heterocycles. The van der Waals surface area contributed by atoms with E-state index in [1.165, 1.54) is 17.8 Å². The molecule has 1 atom stereocenters. The van der Waals surface area contributed by atoms with Gasteiger partial charge < -0.3 is 5.32 Å². The van der Waals surface area contributed by atoms with E-state index in [1.54, 1.807) is 6.92 Å². The molecule has 1 aliphatic carbocycles. The van der Waals surface area contributed by atoms with E-state index in [0.717, 1.165) is 25.0 Å². The first-order valence-electron chi connectivity index (χ1n) is 5.48. The molecule has 0 heterocycles. The summed E-state index contributed by atoms with van der Waals surface area (Å²) in [6.45, 7) is 1.75. The summed E-state index contributed by atoms with van der Waals surface area (Å²) in [5, 5.41) is 2.57. The average Bonchev–Trinajstić information content (AvgIpc) is 3.07. The minimum absolute atomic E-state index is 0.0535. The van der Waals surface area contributed by atoms with Crippen molar-refractivity contribution in [2.45, 2.75) is 36.0 Å². The van der Waals surface area contributed by atoms with Gasteiger partial charge in [0.05, 0.1) is 5.25 Å². The highest BCUT2D eigenvalue weighted by Gasteiger charge is 2.26. The maximum absolute atomic E-state index is 13.0. The number of carbonyl (C=O) groups is 1. The predicted octanol–water partition coefficient (Wildman–Crippen LogP) is 2.72. The van der Waals surface area contributed by atoms with Crippen molar-refractivity contribution in [2.75, 3.05) is 0 Å². The standard InChI is InChI=1S/C12H13F2NOS/c1-7(12(16)15-8-2-3-8)17-9-4-5-10(13)11(14)6-9/h4-8H,2-3H2,1H3,(H,15,16)/t7-/m0/s1. The van der Waals surface area contributed by atoms with E-state index in [2.05, 4.69) is 5.32 Å². The van der Waals surface area contributed by atoms with Gasteiger partial charge in [-0.1, -0.05) is 0 Å². The number of hydrogen-bond acceptors (Lipinski definition) is 2. The molecule has 1 saturated carbocycles. The minimum atomic E-state index is -0.884. The quantitative estimate of drug-likeness (QED) is 0.840. The largest absolute Gasteiger partial charge is 0.352 e. The van der Waals surface area contributed by atoms with Crippen LogP contribution in [0.2, 0.25) is 0 Å². The third-order valence-corrected chi connectivity index (χ3v) is 3.59. The maximum atomic E-state index is 13.0. The zero-order valence-electron chi connectivity index (χ0n) is 9.37. The topological polar surface area (TPSA) is 29.1 Å². The van der Waals surface area contributed by atoms with Crippen LogP contribution in [-0.4, -0.2) is 17.2 Å². The summed E-state index contributed by atoms with van der Waals surface area (Å²) < 4.78 is 25.7. The Kier molecular flexibility index (Phi) is 3.66. The average molecular weight is 257 g/mol. The molecule has 0 spiro atoms. The van der Waals surface area contributed by atoms with Gasteiger partial charge in [0.2, 0.25) is 5.91 Å². The first kappa shape index (κ1) is 12.4. The van der Waals surface area contributed by atoms with E-state index < -0.39 is 11.6 Å². The van der Waals surface area contributed by atoms with Gasteiger partial charge in [-0.3, -0.25) is 4.79 Å². The fraction of sp³-hybridized carbons (Fsp3) is 0.417. The second-order valence-corrected chi connectivity index (χ2v) is 5.53. The molecule has 0 radical (unpaired) electrons. The van der Waals surface area contributed by atoms with Crippen LogP contribution in [0.15, 0.2) is 23.1 Å². The molecule has 0 aliphatic heterocycles. The van der Waals surface area contributed by atoms with Crippen LogP contribution in [0.4, 0.5) is 8.78 Å². The van der Waals surface area contributed by atoms with Gasteiger partial charge in [-0.25, -0.2) is 8.78 Å². The van der Waals surface area contributed by atoms with Crippen molar-refractivity contribution in [1.29, 1.82) is 0 Å². The van der Waals surface area contributed by atoms with Crippen LogP contribution in [0.5, 0.6) is 0 Å². The van der Waals surface area contributed by atoms with E-state index in [9.17, 15) is 13.6 Å². The second-order valence-electron chi connectivity index (χ2n) is 4.12. The molecule has 17 heavy (non-hydrogen) atoms. The van der Waals surface area contributed by atoms with E-state index in [-0.39, 0.29) is 11.2 Å². The second kappa shape index (κ2) is 5.04. The molecule has 0 unspecified atom stereocenters. The van der Waals surface area contributed by atoms with Crippen LogP contribution in [-0.2, 0) is 4.79 Å². The highest BCUT2D eigenvalue weighted by Crippen LogP contribution is 2.26. The molecule has 1 fully saturated rings. The van der Waals surface area contributed by atoms with Crippen molar-refractivity contribution in [3.63, 3.8) is 0 Å². The Labute approximate surface area is 103 Å². The van der Waals surface area contributed by atoms with Crippen LogP contribution < -0.4 is 5.32 Å². The molecule has 1 amide bonds. The van der Waals surface area contributed by atoms with Gasteiger partial charge in [-0.15, -0.1) is 11.8 Å². The van der Waals surface area contributed by atoms with Gasteiger partial charge in [0.15, 0.2) is 11.6 Å². The highest BCUT2D eigenvalue weighted by atomic mass is 32.2. The Hall–Kier alpha value is -1.10. The molecule has 1 aromatic rings. The van der Waals surface area contributed by atoms with Gasteiger partial charge in [0, 0.05) is 10.9 Å². The normalized spacial score (nSPS) is 16.6. The van der Waals surface area contributed by atoms with Crippen LogP contribution in [0.1, 0.15) is 19.8 Å². The van der Waals surface area contributed by atoms with Gasteiger partial charge in [-0.05, 0) is 38.0 Å². The molecule has 92 valence electrons. The Balaban J connectivity index is 1.94. The number of thioether (sulfide) groups is 1. The smallest absolute Gasteiger partial charge is 0.233 e. The monoisotopic (exact) mass is 257 g/mol. The molecule has 0 bridgehead atoms. The molecule has 5 heteroatoms. The van der Waals surface area contributed by atoms with Gasteiger partial charge in [0.1, 0.15) is 0 Å². The fourth-order valence-corrected chi connectivity index (χ4v) is 2.26. The first-order chi connectivity index (χ1) is 8.06. The summed E-state index contributed by atoms with van der Waals surface area (Å²) >= 11 is 1.23. The Bertz CT molecular complexity index is 435. The third kappa shape index (κ3) is 3.43. The summed E-state index contributed by atoms with van der Waals surface area (Å²) in [4.78, 5) is 12.2. The minimum Gasteiger partial charge on any atom is -0.352 e. The summed E-state index contributed by atoms with van der Waals surface area (Å²) in [5.74, 6) is -1.81. The van der Waals surface area contributed by atoms with Crippen LogP contribution in [0.25, 0.3) is 0 Å². The SMILES string of the molecule is C[C@H](Sc1ccc(F)c(F)c1)C(=O)NC1CC1. The lowest BCUT2D eigenvalue weighted by atomic mass is 10.3. The molecular weight excluding hydrogens is 244 g/mol. The molecule has 0 aromatic heterocycles. The van der Waals surface area contributed by atoms with Crippen molar-refractivity contribution < 1.29 is 13.6 Å². The number of halogens is 2. The van der Waals surface area contributed by atoms with Crippen molar-refractivity contribution in [3.8, 4) is 0 Å². The molecule has 1 N–H and O–H groups in total. The summed E-state index contributed by atoms with van der Waals surface area (Å²) in [6.07, 6.45) is 2.07. The summed E-state index contributed by atoms with van der Waals surface area (Å²) in [5.41, 5.74) is 0. The molecule has 1 aromatic carbocycles. The van der Waals surface area contributed by atoms with Gasteiger partial charge >= 0.3 is 0 Å². The molecular formula is C12H13F2NOS. The van der Waals surface area contributed by atoms with Crippen LogP contribution in [0, 0.1) is 11.6 Å². The van der Waals surface area contributed by atoms with Crippen molar-refractivity contribution in [3.05, 3.63) is 29.8 Å². The molecule has 2 rings (SSSR count). The van der Waals surface area contributed by atoms with E-state index >= 15 is 0 Å². The number of nitrogens with one attached hydrogen (secondary N) is 1. The van der Waals surface area contributed by atoms with Crippen LogP contribution >= 0.6 is 11.8 Å². The molecule has 1 aliphatic rings. The van der Waals surface area contributed by atoms with Gasteiger partial charge in [-0.2, -0.15) is 0 Å². The summed E-state index contributed by atoms with van der Waals surface area (Å²) in [7, 11) is 0. The van der Waals surface area contributed by atoms with E-state index in [4.69, 9.17) is 0 Å². The Morgan fingerprint density at radius 2 is 2.12 bits per heavy atom. The fourth-order valence-electron chi connectivity index (χ4n) is 1.35. The number of carbonyl (C=O) groups excluding carboxylic acids is 1. The summed E-state index contributed by atoms with van der Waals surface area (Å²) in [6, 6.07) is 3.98. The number of rotatable bonds is 4. The lowest BCUT2D eigenvalue weighted by molar-refractivity contribution is -0.120. The predicted molar refractivity (Wildman–Crippen MR) is 62.8 cm³/mol. The van der Waals surface area contributed by atoms with E-state index in [0.29, 0.717) is 10.9 Å². The van der Waals surface area contributed by atoms with Crippen molar-refractivity contribution in [1.82, 2.24) is 5.32 Å². The number of hydrogen-bond donors (Lipinski definition) is 1. The third-order valence-electron chi connectivity index (χ3n) is 2.50. The lowest BCUT2D eigenvalue weighted by Crippen LogP contribution is -2.32. The first-order valence-corrected chi connectivity index (χ1v) is 6.36. The number of amides is 1. The highest BCUT2D eigenvalue weighted by molar-refractivity contribution is 8.00. The zero-order chi connectivity index (χ0) is 12.4. The van der Waals surface area contributed by atoms with Crippen LogP contribution in [0.3, 0.4) is 0 Å². The lowest BCUT2D eigenvalue weighted by Gasteiger charge is -2.11. The zero-order valence-corrected chi connectivity index (χ0v) is 10.2. The van der Waals surface area contributed by atoms with E-state index in [1.807, 2.05) is 0 Å². The molecule has 2 nitrogen and oxygen atoms in total. The Morgan fingerprint density at radius 3 is 2.71 bits per heavy atom. The van der Waals surface area contributed by atoms with Gasteiger partial charge in [0.25, 0.3) is 0 Å². The van der Waals surface area contributed by atoms with Crippen molar-refractivity contribution >= 4 is 17.7 Å². The Morgan fingerprint density at radius 1 is 1.41 bits per heavy atom. The number of benzene rings is 1. The maximum Gasteiger partial charge on any atom is 0.233 e. The van der Waals surface area contributed by atoms with Crippen molar-refractivity contribution in [2.24, 2.45) is 0 Å².